The third-order valence-corrected chi connectivity index (χ3v) is 4.05. The average Bonchev–Trinajstić information content (AvgIpc) is 2.74. The molecule has 0 radical (unpaired) electrons. The number of aromatic nitrogens is 3. The first-order chi connectivity index (χ1) is 8.65. The highest BCUT2D eigenvalue weighted by Crippen LogP contribution is 2.36. The van der Waals surface area contributed by atoms with Crippen molar-refractivity contribution in [3.8, 4) is 0 Å². The van der Waals surface area contributed by atoms with Gasteiger partial charge in [0.2, 0.25) is 5.95 Å². The van der Waals surface area contributed by atoms with Crippen LogP contribution in [0.4, 0.5) is 5.95 Å². The number of hydrogen-bond acceptors (Lipinski definition) is 3. The second-order valence-electron chi connectivity index (χ2n) is 5.87. The highest BCUT2D eigenvalue weighted by Gasteiger charge is 2.32. The quantitative estimate of drug-likeness (QED) is 0.882. The van der Waals surface area contributed by atoms with E-state index in [4.69, 9.17) is 0 Å². The lowest BCUT2D eigenvalue weighted by atomic mass is 9.73. The predicted molar refractivity (Wildman–Crippen MR) is 72.6 cm³/mol. The highest BCUT2D eigenvalue weighted by molar-refractivity contribution is 5.43. The summed E-state index contributed by atoms with van der Waals surface area (Å²) in [4.78, 5) is 4.51. The zero-order valence-electron chi connectivity index (χ0n) is 11.1. The van der Waals surface area contributed by atoms with E-state index in [0.717, 1.165) is 11.6 Å². The van der Waals surface area contributed by atoms with Crippen LogP contribution in [0.1, 0.15) is 39.5 Å². The maximum atomic E-state index is 4.51. The van der Waals surface area contributed by atoms with Crippen molar-refractivity contribution >= 4 is 11.6 Å². The zero-order chi connectivity index (χ0) is 12.6. The fourth-order valence-corrected chi connectivity index (χ4v) is 2.81. The molecule has 1 saturated carbocycles. The van der Waals surface area contributed by atoms with Gasteiger partial charge in [0.25, 0.3) is 0 Å². The van der Waals surface area contributed by atoms with E-state index in [1.54, 1.807) is 0 Å². The number of fused-ring (bicyclic) bond motifs is 1. The van der Waals surface area contributed by atoms with Crippen molar-refractivity contribution in [3.63, 3.8) is 0 Å². The summed E-state index contributed by atoms with van der Waals surface area (Å²) in [5.74, 6) is 0.751. The minimum atomic E-state index is 0.329. The van der Waals surface area contributed by atoms with Crippen LogP contribution in [0.5, 0.6) is 0 Å². The van der Waals surface area contributed by atoms with Crippen LogP contribution in [0.2, 0.25) is 0 Å². The number of nitrogens with zero attached hydrogens (tertiary/aromatic N) is 3. The van der Waals surface area contributed by atoms with Crippen molar-refractivity contribution in [2.75, 3.05) is 5.32 Å². The van der Waals surface area contributed by atoms with Crippen molar-refractivity contribution in [3.05, 3.63) is 24.4 Å². The summed E-state index contributed by atoms with van der Waals surface area (Å²) in [6.07, 6.45) is 7.05. The largest absolute Gasteiger partial charge is 0.350 e. The molecule has 0 aliphatic heterocycles. The lowest BCUT2D eigenvalue weighted by molar-refractivity contribution is 0.216. The Bertz CT molecular complexity index is 510. The molecule has 2 aromatic heterocycles. The van der Waals surface area contributed by atoms with Crippen LogP contribution in [0, 0.1) is 5.41 Å². The minimum absolute atomic E-state index is 0.329. The second-order valence-corrected chi connectivity index (χ2v) is 5.87. The predicted octanol–water partition coefficient (Wildman–Crippen LogP) is 3.11. The van der Waals surface area contributed by atoms with Gasteiger partial charge in [0.05, 0.1) is 0 Å². The van der Waals surface area contributed by atoms with E-state index in [0.29, 0.717) is 11.5 Å². The monoisotopic (exact) mass is 244 g/mol. The van der Waals surface area contributed by atoms with Crippen molar-refractivity contribution in [1.29, 1.82) is 0 Å². The van der Waals surface area contributed by atoms with Crippen LogP contribution in [0.25, 0.3) is 5.65 Å². The van der Waals surface area contributed by atoms with Crippen LogP contribution >= 0.6 is 0 Å². The van der Waals surface area contributed by atoms with Gasteiger partial charge in [-0.3, -0.25) is 0 Å². The Morgan fingerprint density at radius 2 is 2.22 bits per heavy atom. The highest BCUT2D eigenvalue weighted by atomic mass is 15.3. The molecule has 0 bridgehead atoms. The summed E-state index contributed by atoms with van der Waals surface area (Å²) in [5, 5.41) is 7.98. The molecule has 0 amide bonds. The molecule has 2 aromatic rings. The molecule has 1 N–H and O–H groups in total. The number of pyridine rings is 1. The van der Waals surface area contributed by atoms with E-state index < -0.39 is 0 Å². The standard InChI is InChI=1S/C14H20N4/c1-14(2)9-5-3-7-11(14)15-13-16-12-8-4-6-10-18(12)17-13/h4,6,8,10-11H,3,5,7,9H2,1-2H3,(H,15,17). The van der Waals surface area contributed by atoms with Crippen molar-refractivity contribution in [2.45, 2.75) is 45.6 Å². The van der Waals surface area contributed by atoms with Gasteiger partial charge in [-0.15, -0.1) is 5.10 Å². The zero-order valence-corrected chi connectivity index (χ0v) is 11.1. The molecule has 0 spiro atoms. The molecular weight excluding hydrogens is 224 g/mol. The fraction of sp³-hybridized carbons (Fsp3) is 0.571. The van der Waals surface area contributed by atoms with Gasteiger partial charge >= 0.3 is 0 Å². The van der Waals surface area contributed by atoms with Gasteiger partial charge in [-0.2, -0.15) is 4.98 Å². The summed E-state index contributed by atoms with van der Waals surface area (Å²) in [6, 6.07) is 6.40. The Kier molecular flexibility index (Phi) is 2.73. The van der Waals surface area contributed by atoms with Crippen molar-refractivity contribution < 1.29 is 0 Å². The second kappa shape index (κ2) is 4.26. The molecule has 2 heterocycles. The van der Waals surface area contributed by atoms with Gasteiger partial charge in [-0.25, -0.2) is 4.52 Å². The third-order valence-electron chi connectivity index (χ3n) is 4.05. The van der Waals surface area contributed by atoms with E-state index in [2.05, 4.69) is 29.2 Å². The lowest BCUT2D eigenvalue weighted by Crippen LogP contribution is -2.39. The lowest BCUT2D eigenvalue weighted by Gasteiger charge is -2.38. The van der Waals surface area contributed by atoms with Gasteiger partial charge in [0, 0.05) is 12.2 Å². The normalized spacial score (nSPS) is 23.1. The van der Waals surface area contributed by atoms with E-state index >= 15 is 0 Å². The summed E-state index contributed by atoms with van der Waals surface area (Å²) in [5.41, 5.74) is 1.23. The van der Waals surface area contributed by atoms with Gasteiger partial charge < -0.3 is 5.32 Å². The molecule has 96 valence electrons. The molecular formula is C14H20N4. The Hall–Kier alpha value is -1.58. The van der Waals surface area contributed by atoms with Crippen LogP contribution in [0.15, 0.2) is 24.4 Å². The van der Waals surface area contributed by atoms with E-state index in [1.165, 1.54) is 25.7 Å². The SMILES string of the molecule is CC1(C)CCCCC1Nc1nc2ccccn2n1. The minimum Gasteiger partial charge on any atom is -0.350 e. The van der Waals surface area contributed by atoms with E-state index in [1.807, 2.05) is 28.9 Å². The van der Waals surface area contributed by atoms with Crippen molar-refractivity contribution in [2.24, 2.45) is 5.41 Å². The molecule has 0 aromatic carbocycles. The molecule has 18 heavy (non-hydrogen) atoms. The Morgan fingerprint density at radius 1 is 1.33 bits per heavy atom. The first-order valence-electron chi connectivity index (χ1n) is 6.73. The van der Waals surface area contributed by atoms with Crippen LogP contribution in [0.3, 0.4) is 0 Å². The Labute approximate surface area is 107 Å². The maximum Gasteiger partial charge on any atom is 0.243 e. The van der Waals surface area contributed by atoms with Gasteiger partial charge in [0.15, 0.2) is 5.65 Å². The van der Waals surface area contributed by atoms with Gasteiger partial charge in [-0.1, -0.05) is 32.8 Å². The number of anilines is 1. The molecule has 1 unspecified atom stereocenters. The Morgan fingerprint density at radius 3 is 3.00 bits per heavy atom. The van der Waals surface area contributed by atoms with Crippen LogP contribution in [-0.4, -0.2) is 20.6 Å². The molecule has 0 saturated heterocycles. The van der Waals surface area contributed by atoms with Crippen LogP contribution in [-0.2, 0) is 0 Å². The average molecular weight is 244 g/mol. The summed E-state index contributed by atoms with van der Waals surface area (Å²) in [7, 11) is 0. The molecule has 4 nitrogen and oxygen atoms in total. The molecule has 3 rings (SSSR count). The van der Waals surface area contributed by atoms with Gasteiger partial charge in [-0.05, 0) is 30.4 Å². The van der Waals surface area contributed by atoms with E-state index in [9.17, 15) is 0 Å². The summed E-state index contributed by atoms with van der Waals surface area (Å²) < 4.78 is 1.82. The van der Waals surface area contributed by atoms with Crippen LogP contribution < -0.4 is 5.32 Å². The molecule has 1 aliphatic rings. The molecule has 4 heteroatoms. The van der Waals surface area contributed by atoms with E-state index in [-0.39, 0.29) is 0 Å². The van der Waals surface area contributed by atoms with Gasteiger partial charge in [0.1, 0.15) is 0 Å². The topological polar surface area (TPSA) is 42.2 Å². The first kappa shape index (κ1) is 11.5. The summed E-state index contributed by atoms with van der Waals surface area (Å²) in [6.45, 7) is 4.67. The maximum absolute atomic E-state index is 4.51. The molecule has 1 aliphatic carbocycles. The van der Waals surface area contributed by atoms with Crippen molar-refractivity contribution in [1.82, 2.24) is 14.6 Å². The molecule has 1 atom stereocenters. The third kappa shape index (κ3) is 2.07. The number of hydrogen-bond donors (Lipinski definition) is 1. The summed E-state index contributed by atoms with van der Waals surface area (Å²) >= 11 is 0. The number of rotatable bonds is 2. The fourth-order valence-electron chi connectivity index (χ4n) is 2.81. The number of nitrogens with one attached hydrogen (secondary N) is 1. The smallest absolute Gasteiger partial charge is 0.243 e. The Balaban J connectivity index is 1.83. The first-order valence-corrected chi connectivity index (χ1v) is 6.73. The molecule has 1 fully saturated rings.